The third-order valence-electron chi connectivity index (χ3n) is 2.72. The van der Waals surface area contributed by atoms with Gasteiger partial charge in [-0.1, -0.05) is 37.7 Å². The van der Waals surface area contributed by atoms with Crippen LogP contribution in [-0.2, 0) is 11.2 Å². The Morgan fingerprint density at radius 3 is 2.53 bits per heavy atom. The number of aryl methyl sites for hydroxylation is 1. The van der Waals surface area contributed by atoms with E-state index in [0.717, 1.165) is 18.5 Å². The molecule has 2 rings (SSSR count). The van der Waals surface area contributed by atoms with Gasteiger partial charge in [-0.25, -0.2) is 4.99 Å². The highest BCUT2D eigenvalue weighted by Gasteiger charge is 2.28. The number of carbonyl (C=O) groups excluding carboxylic acids is 1. The molecule has 0 unspecified atom stereocenters. The number of nitrogens with zero attached hydrogens (tertiary/aromatic N) is 1. The van der Waals surface area contributed by atoms with Crippen molar-refractivity contribution in [2.75, 3.05) is 0 Å². The Bertz CT molecular complexity index is 439. The van der Waals surface area contributed by atoms with Crippen LogP contribution in [0.4, 0.5) is 5.69 Å². The van der Waals surface area contributed by atoms with Gasteiger partial charge in [-0.05, 0) is 30.5 Å². The van der Waals surface area contributed by atoms with Crippen LogP contribution >= 0.6 is 11.8 Å². The molecule has 1 aromatic carbocycles. The zero-order chi connectivity index (χ0) is 12.3. The molecular formula is C13H16N2OS. The van der Waals surface area contributed by atoms with Crippen LogP contribution in [0.25, 0.3) is 0 Å². The zero-order valence-corrected chi connectivity index (χ0v) is 10.9. The SMILES string of the molecule is CCc1ccc(N=C2NC(=O)[C@@H](CC)S2)cc1. The Balaban J connectivity index is 2.11. The van der Waals surface area contributed by atoms with E-state index in [1.807, 2.05) is 19.1 Å². The molecule has 1 heterocycles. The maximum absolute atomic E-state index is 11.5. The van der Waals surface area contributed by atoms with Crippen molar-refractivity contribution in [2.24, 2.45) is 4.99 Å². The number of benzene rings is 1. The van der Waals surface area contributed by atoms with Gasteiger partial charge in [0.05, 0.1) is 10.9 Å². The summed E-state index contributed by atoms with van der Waals surface area (Å²) in [6, 6.07) is 8.10. The van der Waals surface area contributed by atoms with Gasteiger partial charge in [0.15, 0.2) is 5.17 Å². The fourth-order valence-electron chi connectivity index (χ4n) is 1.65. The van der Waals surface area contributed by atoms with Crippen molar-refractivity contribution >= 4 is 28.5 Å². The Morgan fingerprint density at radius 1 is 1.29 bits per heavy atom. The Kier molecular flexibility index (Phi) is 3.84. The predicted octanol–water partition coefficient (Wildman–Crippen LogP) is 2.88. The van der Waals surface area contributed by atoms with Crippen LogP contribution in [0.3, 0.4) is 0 Å². The number of amides is 1. The van der Waals surface area contributed by atoms with Crippen LogP contribution in [0.1, 0.15) is 25.8 Å². The molecule has 17 heavy (non-hydrogen) atoms. The predicted molar refractivity (Wildman–Crippen MR) is 72.7 cm³/mol. The molecular weight excluding hydrogens is 232 g/mol. The average Bonchev–Trinajstić information content (AvgIpc) is 2.70. The van der Waals surface area contributed by atoms with Gasteiger partial charge in [-0.15, -0.1) is 0 Å². The van der Waals surface area contributed by atoms with E-state index in [2.05, 4.69) is 29.4 Å². The maximum atomic E-state index is 11.5. The molecule has 1 aliphatic heterocycles. The Labute approximate surface area is 106 Å². The first-order valence-electron chi connectivity index (χ1n) is 5.88. The first kappa shape index (κ1) is 12.2. The van der Waals surface area contributed by atoms with E-state index >= 15 is 0 Å². The van der Waals surface area contributed by atoms with Gasteiger partial charge in [0.25, 0.3) is 0 Å². The van der Waals surface area contributed by atoms with E-state index in [1.165, 1.54) is 17.3 Å². The number of nitrogens with one attached hydrogen (secondary N) is 1. The molecule has 1 aromatic rings. The number of carbonyl (C=O) groups is 1. The van der Waals surface area contributed by atoms with Gasteiger partial charge < -0.3 is 5.32 Å². The summed E-state index contributed by atoms with van der Waals surface area (Å²) in [6.07, 6.45) is 1.87. The van der Waals surface area contributed by atoms with Gasteiger partial charge in [0, 0.05) is 0 Å². The van der Waals surface area contributed by atoms with Crippen molar-refractivity contribution < 1.29 is 4.79 Å². The van der Waals surface area contributed by atoms with Crippen molar-refractivity contribution in [3.8, 4) is 0 Å². The molecule has 0 radical (unpaired) electrons. The monoisotopic (exact) mass is 248 g/mol. The van der Waals surface area contributed by atoms with Gasteiger partial charge in [-0.2, -0.15) is 0 Å². The quantitative estimate of drug-likeness (QED) is 0.893. The van der Waals surface area contributed by atoms with Crippen LogP contribution in [0.5, 0.6) is 0 Å². The van der Waals surface area contributed by atoms with Crippen LogP contribution in [0, 0.1) is 0 Å². The molecule has 1 fully saturated rings. The minimum Gasteiger partial charge on any atom is -0.304 e. The second-order valence-electron chi connectivity index (χ2n) is 3.94. The Morgan fingerprint density at radius 2 is 2.00 bits per heavy atom. The third kappa shape index (κ3) is 2.88. The molecule has 3 nitrogen and oxygen atoms in total. The maximum Gasteiger partial charge on any atom is 0.239 e. The lowest BCUT2D eigenvalue weighted by Gasteiger charge is -1.99. The summed E-state index contributed by atoms with van der Waals surface area (Å²) in [5.41, 5.74) is 2.19. The number of thioether (sulfide) groups is 1. The molecule has 1 amide bonds. The fourth-order valence-corrected chi connectivity index (χ4v) is 2.57. The third-order valence-corrected chi connectivity index (χ3v) is 3.97. The zero-order valence-electron chi connectivity index (χ0n) is 10.1. The van der Waals surface area contributed by atoms with Crippen LogP contribution in [-0.4, -0.2) is 16.3 Å². The van der Waals surface area contributed by atoms with Crippen molar-refractivity contribution in [1.82, 2.24) is 5.32 Å². The van der Waals surface area contributed by atoms with Crippen molar-refractivity contribution in [3.05, 3.63) is 29.8 Å². The van der Waals surface area contributed by atoms with Crippen LogP contribution in [0.2, 0.25) is 0 Å². The highest BCUT2D eigenvalue weighted by Crippen LogP contribution is 2.24. The molecule has 1 atom stereocenters. The summed E-state index contributed by atoms with van der Waals surface area (Å²) >= 11 is 1.51. The summed E-state index contributed by atoms with van der Waals surface area (Å²) in [6.45, 7) is 4.13. The lowest BCUT2D eigenvalue weighted by Crippen LogP contribution is -2.24. The summed E-state index contributed by atoms with van der Waals surface area (Å²) in [7, 11) is 0. The van der Waals surface area contributed by atoms with E-state index in [0.29, 0.717) is 5.17 Å². The van der Waals surface area contributed by atoms with Crippen LogP contribution in [0.15, 0.2) is 29.3 Å². The molecule has 0 saturated carbocycles. The number of amidine groups is 1. The molecule has 4 heteroatoms. The standard InChI is InChI=1S/C13H16N2OS/c1-3-9-5-7-10(8-6-9)14-13-15-12(16)11(4-2)17-13/h5-8,11H,3-4H2,1-2H3,(H,14,15,16)/t11-/m1/s1. The first-order valence-corrected chi connectivity index (χ1v) is 6.76. The van der Waals surface area contributed by atoms with Gasteiger partial charge >= 0.3 is 0 Å². The largest absolute Gasteiger partial charge is 0.304 e. The van der Waals surface area contributed by atoms with E-state index in [1.54, 1.807) is 0 Å². The highest BCUT2D eigenvalue weighted by atomic mass is 32.2. The molecule has 90 valence electrons. The van der Waals surface area contributed by atoms with E-state index in [4.69, 9.17) is 0 Å². The average molecular weight is 248 g/mol. The summed E-state index contributed by atoms with van der Waals surface area (Å²) in [5, 5.41) is 3.54. The topological polar surface area (TPSA) is 41.5 Å². The number of hydrogen-bond donors (Lipinski definition) is 1. The number of aliphatic imine (C=N–C) groups is 1. The smallest absolute Gasteiger partial charge is 0.239 e. The second-order valence-corrected chi connectivity index (χ2v) is 5.13. The Hall–Kier alpha value is -1.29. The minimum absolute atomic E-state index is 0.0173. The lowest BCUT2D eigenvalue weighted by molar-refractivity contribution is -0.118. The molecule has 1 saturated heterocycles. The molecule has 0 bridgehead atoms. The summed E-state index contributed by atoms with van der Waals surface area (Å²) in [4.78, 5) is 15.9. The summed E-state index contributed by atoms with van der Waals surface area (Å²) in [5.74, 6) is 0.0708. The first-order chi connectivity index (χ1) is 8.22. The number of hydrogen-bond acceptors (Lipinski definition) is 3. The van der Waals surface area contributed by atoms with Crippen molar-refractivity contribution in [3.63, 3.8) is 0 Å². The molecule has 0 aromatic heterocycles. The van der Waals surface area contributed by atoms with Crippen molar-refractivity contribution in [2.45, 2.75) is 31.9 Å². The minimum atomic E-state index is 0.0173. The molecule has 1 N–H and O–H groups in total. The van der Waals surface area contributed by atoms with E-state index in [9.17, 15) is 4.79 Å². The van der Waals surface area contributed by atoms with Crippen molar-refractivity contribution in [1.29, 1.82) is 0 Å². The van der Waals surface area contributed by atoms with Gasteiger partial charge in [-0.3, -0.25) is 4.79 Å². The lowest BCUT2D eigenvalue weighted by atomic mass is 10.2. The van der Waals surface area contributed by atoms with Gasteiger partial charge in [0.2, 0.25) is 5.91 Å². The summed E-state index contributed by atoms with van der Waals surface area (Å²) < 4.78 is 0. The van der Waals surface area contributed by atoms with Crippen LogP contribution < -0.4 is 5.32 Å². The molecule has 0 spiro atoms. The second kappa shape index (κ2) is 5.36. The fraction of sp³-hybridized carbons (Fsp3) is 0.385. The molecule has 0 aliphatic carbocycles. The molecule has 1 aliphatic rings. The van der Waals surface area contributed by atoms with E-state index < -0.39 is 0 Å². The highest BCUT2D eigenvalue weighted by molar-refractivity contribution is 8.15. The van der Waals surface area contributed by atoms with Gasteiger partial charge in [0.1, 0.15) is 0 Å². The normalized spacial score (nSPS) is 21.9. The number of rotatable bonds is 3. The van der Waals surface area contributed by atoms with E-state index in [-0.39, 0.29) is 11.2 Å².